The quantitative estimate of drug-likeness (QED) is 0.616. The average molecular weight is 473 g/mol. The second kappa shape index (κ2) is 10.5. The SMILES string of the molecule is Cc1ccc(Cl)cc1NC(=O)COC(=O)[C@@H]1CC(=O)N(c2ccc(C(=O)OC(C)C)cc2)C1. The van der Waals surface area contributed by atoms with Gasteiger partial charge in [0.2, 0.25) is 5.91 Å². The van der Waals surface area contributed by atoms with Crippen LogP contribution in [0.2, 0.25) is 5.02 Å². The van der Waals surface area contributed by atoms with Gasteiger partial charge in [-0.3, -0.25) is 14.4 Å². The van der Waals surface area contributed by atoms with E-state index in [1.807, 2.05) is 6.92 Å². The Morgan fingerprint density at radius 1 is 1.15 bits per heavy atom. The smallest absolute Gasteiger partial charge is 0.338 e. The zero-order valence-corrected chi connectivity index (χ0v) is 19.3. The highest BCUT2D eigenvalue weighted by molar-refractivity contribution is 6.31. The lowest BCUT2D eigenvalue weighted by atomic mass is 10.1. The lowest BCUT2D eigenvalue weighted by Gasteiger charge is -2.17. The highest BCUT2D eigenvalue weighted by Gasteiger charge is 2.36. The van der Waals surface area contributed by atoms with Crippen molar-refractivity contribution in [1.29, 1.82) is 0 Å². The summed E-state index contributed by atoms with van der Waals surface area (Å²) in [5.41, 5.74) is 2.28. The fourth-order valence-electron chi connectivity index (χ4n) is 3.34. The summed E-state index contributed by atoms with van der Waals surface area (Å²) in [4.78, 5) is 50.4. The first kappa shape index (κ1) is 24.3. The number of halogens is 1. The molecule has 2 aromatic carbocycles. The Hall–Kier alpha value is -3.39. The van der Waals surface area contributed by atoms with Crippen molar-refractivity contribution >= 4 is 46.7 Å². The molecule has 1 atom stereocenters. The maximum atomic E-state index is 12.4. The topological polar surface area (TPSA) is 102 Å². The monoisotopic (exact) mass is 472 g/mol. The molecule has 8 nitrogen and oxygen atoms in total. The van der Waals surface area contributed by atoms with E-state index in [0.29, 0.717) is 22.0 Å². The van der Waals surface area contributed by atoms with Crippen LogP contribution in [-0.4, -0.2) is 43.0 Å². The van der Waals surface area contributed by atoms with Crippen LogP contribution in [0.4, 0.5) is 11.4 Å². The molecule has 0 bridgehead atoms. The van der Waals surface area contributed by atoms with E-state index in [4.69, 9.17) is 21.1 Å². The number of anilines is 2. The van der Waals surface area contributed by atoms with Crippen molar-refractivity contribution in [3.63, 3.8) is 0 Å². The molecule has 2 amide bonds. The number of rotatable bonds is 7. The molecule has 1 aliphatic rings. The van der Waals surface area contributed by atoms with E-state index < -0.39 is 30.4 Å². The third-order valence-electron chi connectivity index (χ3n) is 5.04. The van der Waals surface area contributed by atoms with E-state index in [2.05, 4.69) is 5.32 Å². The Labute approximate surface area is 196 Å². The van der Waals surface area contributed by atoms with Crippen molar-refractivity contribution < 1.29 is 28.7 Å². The molecule has 0 aromatic heterocycles. The first-order valence-corrected chi connectivity index (χ1v) is 10.9. The number of esters is 2. The molecule has 2 aromatic rings. The molecule has 174 valence electrons. The molecule has 1 saturated heterocycles. The zero-order valence-electron chi connectivity index (χ0n) is 18.6. The van der Waals surface area contributed by atoms with Gasteiger partial charge in [0.15, 0.2) is 6.61 Å². The van der Waals surface area contributed by atoms with Gasteiger partial charge in [0, 0.05) is 29.4 Å². The van der Waals surface area contributed by atoms with E-state index in [1.54, 1.807) is 56.3 Å². The van der Waals surface area contributed by atoms with Gasteiger partial charge < -0.3 is 19.7 Å². The number of carbonyl (C=O) groups is 4. The fraction of sp³-hybridized carbons (Fsp3) is 0.333. The van der Waals surface area contributed by atoms with Gasteiger partial charge in [-0.2, -0.15) is 0 Å². The van der Waals surface area contributed by atoms with E-state index in [0.717, 1.165) is 5.56 Å². The molecule has 0 aliphatic carbocycles. The second-order valence-electron chi connectivity index (χ2n) is 8.02. The number of nitrogens with one attached hydrogen (secondary N) is 1. The first-order valence-electron chi connectivity index (χ1n) is 10.5. The van der Waals surface area contributed by atoms with E-state index in [-0.39, 0.29) is 25.0 Å². The van der Waals surface area contributed by atoms with Crippen LogP contribution >= 0.6 is 11.6 Å². The number of hydrogen-bond acceptors (Lipinski definition) is 6. The summed E-state index contributed by atoms with van der Waals surface area (Å²) < 4.78 is 10.3. The summed E-state index contributed by atoms with van der Waals surface area (Å²) in [7, 11) is 0. The molecule has 1 N–H and O–H groups in total. The number of amides is 2. The number of nitrogens with zero attached hydrogens (tertiary/aromatic N) is 1. The number of carbonyl (C=O) groups excluding carboxylic acids is 4. The fourth-order valence-corrected chi connectivity index (χ4v) is 3.52. The van der Waals surface area contributed by atoms with Crippen LogP contribution in [-0.2, 0) is 23.9 Å². The molecule has 0 unspecified atom stereocenters. The standard InChI is InChI=1S/C24H25ClN2O6/c1-14(2)33-24(31)16-5-8-19(9-6-16)27-12-17(10-22(27)29)23(30)32-13-21(28)26-20-11-18(25)7-4-15(20)3/h4-9,11,14,17H,10,12-13H2,1-3H3,(H,26,28)/t17-/m1/s1. The van der Waals surface area contributed by atoms with Gasteiger partial charge in [-0.05, 0) is 62.7 Å². The highest BCUT2D eigenvalue weighted by atomic mass is 35.5. The molecule has 0 spiro atoms. The van der Waals surface area contributed by atoms with Gasteiger partial charge in [0.25, 0.3) is 5.91 Å². The molecule has 0 saturated carbocycles. The summed E-state index contributed by atoms with van der Waals surface area (Å²) in [6.45, 7) is 4.99. The van der Waals surface area contributed by atoms with Crippen molar-refractivity contribution in [3.05, 3.63) is 58.6 Å². The minimum Gasteiger partial charge on any atom is -0.459 e. The van der Waals surface area contributed by atoms with Crippen LogP contribution < -0.4 is 10.2 Å². The van der Waals surface area contributed by atoms with E-state index in [1.165, 1.54) is 4.90 Å². The Bertz CT molecular complexity index is 1070. The molecule has 1 heterocycles. The normalized spacial score (nSPS) is 15.5. The lowest BCUT2D eigenvalue weighted by molar-refractivity contribution is -0.151. The average Bonchev–Trinajstić information content (AvgIpc) is 3.16. The molecule has 0 radical (unpaired) electrons. The number of ether oxygens (including phenoxy) is 2. The number of benzene rings is 2. The molecular weight excluding hydrogens is 448 g/mol. The summed E-state index contributed by atoms with van der Waals surface area (Å²) in [5, 5.41) is 3.13. The van der Waals surface area contributed by atoms with Gasteiger partial charge in [0.1, 0.15) is 0 Å². The van der Waals surface area contributed by atoms with Crippen molar-refractivity contribution in [1.82, 2.24) is 0 Å². The zero-order chi connectivity index (χ0) is 24.1. The maximum Gasteiger partial charge on any atom is 0.338 e. The largest absolute Gasteiger partial charge is 0.459 e. The van der Waals surface area contributed by atoms with Crippen LogP contribution in [0.25, 0.3) is 0 Å². The summed E-state index contributed by atoms with van der Waals surface area (Å²) in [5.74, 6) is -2.51. The summed E-state index contributed by atoms with van der Waals surface area (Å²) >= 11 is 5.94. The second-order valence-corrected chi connectivity index (χ2v) is 8.46. The van der Waals surface area contributed by atoms with Crippen LogP contribution in [0.1, 0.15) is 36.2 Å². The minimum atomic E-state index is -0.691. The minimum absolute atomic E-state index is 0.0228. The van der Waals surface area contributed by atoms with Gasteiger partial charge in [-0.15, -0.1) is 0 Å². The molecule has 9 heteroatoms. The third kappa shape index (κ3) is 6.32. The Kier molecular flexibility index (Phi) is 7.71. The first-order chi connectivity index (χ1) is 15.6. The Morgan fingerprint density at radius 2 is 1.85 bits per heavy atom. The predicted molar refractivity (Wildman–Crippen MR) is 123 cm³/mol. The van der Waals surface area contributed by atoms with Crippen LogP contribution in [0.15, 0.2) is 42.5 Å². The summed E-state index contributed by atoms with van der Waals surface area (Å²) in [6, 6.07) is 11.5. The Morgan fingerprint density at radius 3 is 2.52 bits per heavy atom. The van der Waals surface area contributed by atoms with Gasteiger partial charge in [-0.25, -0.2) is 4.79 Å². The molecule has 1 aliphatic heterocycles. The van der Waals surface area contributed by atoms with Gasteiger partial charge in [-0.1, -0.05) is 17.7 Å². The molecule has 1 fully saturated rings. The van der Waals surface area contributed by atoms with Gasteiger partial charge in [0.05, 0.1) is 17.6 Å². The Balaban J connectivity index is 1.54. The van der Waals surface area contributed by atoms with Crippen molar-refractivity contribution in [3.8, 4) is 0 Å². The predicted octanol–water partition coefficient (Wildman–Crippen LogP) is 3.75. The molecule has 3 rings (SSSR count). The van der Waals surface area contributed by atoms with Crippen molar-refractivity contribution in [2.75, 3.05) is 23.4 Å². The van der Waals surface area contributed by atoms with Crippen molar-refractivity contribution in [2.45, 2.75) is 33.3 Å². The van der Waals surface area contributed by atoms with Crippen molar-refractivity contribution in [2.24, 2.45) is 5.92 Å². The van der Waals surface area contributed by atoms with Crippen LogP contribution in [0.5, 0.6) is 0 Å². The number of hydrogen-bond donors (Lipinski definition) is 1. The van der Waals surface area contributed by atoms with E-state index >= 15 is 0 Å². The molecular formula is C24H25ClN2O6. The van der Waals surface area contributed by atoms with Crippen LogP contribution in [0, 0.1) is 12.8 Å². The maximum absolute atomic E-state index is 12.4. The van der Waals surface area contributed by atoms with Gasteiger partial charge >= 0.3 is 11.9 Å². The summed E-state index contributed by atoms with van der Waals surface area (Å²) in [6.07, 6.45) is -0.258. The number of aryl methyl sites for hydroxylation is 1. The van der Waals surface area contributed by atoms with Crippen LogP contribution in [0.3, 0.4) is 0 Å². The molecule has 33 heavy (non-hydrogen) atoms. The third-order valence-corrected chi connectivity index (χ3v) is 5.27. The highest BCUT2D eigenvalue weighted by Crippen LogP contribution is 2.26. The lowest BCUT2D eigenvalue weighted by Crippen LogP contribution is -2.28. The van der Waals surface area contributed by atoms with E-state index in [9.17, 15) is 19.2 Å².